The van der Waals surface area contributed by atoms with Gasteiger partial charge in [0.1, 0.15) is 5.76 Å². The van der Waals surface area contributed by atoms with Gasteiger partial charge in [-0.25, -0.2) is 0 Å². The molecule has 49 valence electrons. The van der Waals surface area contributed by atoms with E-state index in [9.17, 15) is 0 Å². The Kier molecular flexibility index (Phi) is 2.17. The average Bonchev–Trinajstić information content (AvgIpc) is 1.89. The van der Waals surface area contributed by atoms with E-state index in [0.717, 1.165) is 12.2 Å². The molecule has 1 aliphatic carbocycles. The number of halogens is 1. The summed E-state index contributed by atoms with van der Waals surface area (Å²) in [6.45, 7) is 0. The Morgan fingerprint density at radius 1 is 1.67 bits per heavy atom. The van der Waals surface area contributed by atoms with Gasteiger partial charge in [0.2, 0.25) is 0 Å². The Morgan fingerprint density at radius 2 is 2.44 bits per heavy atom. The van der Waals surface area contributed by atoms with Gasteiger partial charge in [-0.2, -0.15) is 0 Å². The smallest absolute Gasteiger partial charge is 0.133 e. The molecule has 0 N–H and O–H groups in total. The number of allylic oxidation sites excluding steroid dienone is 3. The first-order valence-electron chi connectivity index (χ1n) is 2.78. The maximum Gasteiger partial charge on any atom is 0.133 e. The number of ether oxygens (including phenoxy) is 1. The van der Waals surface area contributed by atoms with E-state index >= 15 is 0 Å². The lowest BCUT2D eigenvalue weighted by molar-refractivity contribution is 0.303. The highest BCUT2D eigenvalue weighted by atomic mass is 35.5. The van der Waals surface area contributed by atoms with Gasteiger partial charge in [-0.15, -0.1) is 0 Å². The lowest BCUT2D eigenvalue weighted by atomic mass is 10.2. The van der Waals surface area contributed by atoms with Crippen molar-refractivity contribution < 1.29 is 4.74 Å². The molecule has 1 aliphatic rings. The molecule has 0 heterocycles. The normalized spacial score (nSPS) is 18.4. The molecule has 0 aliphatic heterocycles. The summed E-state index contributed by atoms with van der Waals surface area (Å²) < 4.78 is 4.93. The van der Waals surface area contributed by atoms with E-state index in [1.807, 2.05) is 18.6 Å². The molecule has 1 radical (unpaired) electrons. The minimum atomic E-state index is 0.708. The molecule has 0 aromatic heterocycles. The van der Waals surface area contributed by atoms with E-state index in [0.29, 0.717) is 5.03 Å². The number of rotatable bonds is 1. The van der Waals surface area contributed by atoms with E-state index < -0.39 is 0 Å². The Morgan fingerprint density at radius 3 is 2.89 bits per heavy atom. The molecular weight excluding hydrogens is 136 g/mol. The molecule has 0 saturated carbocycles. The third kappa shape index (κ3) is 1.49. The number of methoxy groups -OCH3 is 1. The minimum absolute atomic E-state index is 0.708. The molecule has 0 spiro atoms. The van der Waals surface area contributed by atoms with E-state index in [4.69, 9.17) is 16.3 Å². The highest BCUT2D eigenvalue weighted by Crippen LogP contribution is 2.21. The SMILES string of the molecule is COC1=C[CH]CC=C1Cl. The van der Waals surface area contributed by atoms with Gasteiger partial charge in [0.25, 0.3) is 0 Å². The zero-order valence-corrected chi connectivity index (χ0v) is 5.98. The molecule has 1 nitrogen and oxygen atoms in total. The van der Waals surface area contributed by atoms with Crippen LogP contribution in [0.5, 0.6) is 0 Å². The quantitative estimate of drug-likeness (QED) is 0.547. The molecule has 0 fully saturated rings. The van der Waals surface area contributed by atoms with Gasteiger partial charge in [-0.3, -0.25) is 0 Å². The zero-order chi connectivity index (χ0) is 6.69. The molecule has 0 aromatic carbocycles. The summed E-state index contributed by atoms with van der Waals surface area (Å²) >= 11 is 5.73. The van der Waals surface area contributed by atoms with Crippen LogP contribution in [0, 0.1) is 6.42 Å². The van der Waals surface area contributed by atoms with Crippen molar-refractivity contribution >= 4 is 11.6 Å². The molecule has 1 rings (SSSR count). The molecule has 0 amide bonds. The molecule has 0 unspecified atom stereocenters. The molecule has 0 saturated heterocycles. The monoisotopic (exact) mass is 143 g/mol. The molecule has 9 heavy (non-hydrogen) atoms. The first kappa shape index (κ1) is 6.69. The number of hydrogen-bond acceptors (Lipinski definition) is 1. The van der Waals surface area contributed by atoms with Crippen LogP contribution in [-0.4, -0.2) is 7.11 Å². The van der Waals surface area contributed by atoms with Crippen LogP contribution < -0.4 is 0 Å². The fourth-order valence-corrected chi connectivity index (χ4v) is 0.922. The fraction of sp³-hybridized carbons (Fsp3) is 0.286. The second-order valence-corrected chi connectivity index (χ2v) is 2.17. The predicted molar refractivity (Wildman–Crippen MR) is 37.9 cm³/mol. The Bertz CT molecular complexity index is 158. The molecule has 0 bridgehead atoms. The van der Waals surface area contributed by atoms with Crippen molar-refractivity contribution in [1.82, 2.24) is 0 Å². The second kappa shape index (κ2) is 2.92. The van der Waals surface area contributed by atoms with E-state index in [1.54, 1.807) is 7.11 Å². The number of hydrogen-bond donors (Lipinski definition) is 0. The largest absolute Gasteiger partial charge is 0.496 e. The Hall–Kier alpha value is -0.430. The predicted octanol–water partition coefficient (Wildman–Crippen LogP) is 2.25. The van der Waals surface area contributed by atoms with Gasteiger partial charge in [0, 0.05) is 0 Å². The second-order valence-electron chi connectivity index (χ2n) is 1.76. The van der Waals surface area contributed by atoms with Crippen LogP contribution in [0.2, 0.25) is 0 Å². The summed E-state index contributed by atoms with van der Waals surface area (Å²) in [7, 11) is 1.61. The van der Waals surface area contributed by atoms with E-state index in [2.05, 4.69) is 0 Å². The van der Waals surface area contributed by atoms with E-state index in [-0.39, 0.29) is 0 Å². The third-order valence-corrected chi connectivity index (χ3v) is 1.50. The van der Waals surface area contributed by atoms with Gasteiger partial charge in [0.15, 0.2) is 0 Å². The first-order valence-corrected chi connectivity index (χ1v) is 3.16. The van der Waals surface area contributed by atoms with Gasteiger partial charge < -0.3 is 4.74 Å². The van der Waals surface area contributed by atoms with Crippen LogP contribution in [0.4, 0.5) is 0 Å². The standard InChI is InChI=1S/C7H8ClO/c1-9-7-5-3-2-4-6(7)8/h3-5H,2H2,1H3. The van der Waals surface area contributed by atoms with Gasteiger partial charge >= 0.3 is 0 Å². The lowest BCUT2D eigenvalue weighted by Gasteiger charge is -2.07. The summed E-state index contributed by atoms with van der Waals surface area (Å²) in [6.07, 6.45) is 6.71. The van der Waals surface area contributed by atoms with Crippen molar-refractivity contribution in [2.45, 2.75) is 6.42 Å². The average molecular weight is 144 g/mol. The first-order chi connectivity index (χ1) is 4.34. The van der Waals surface area contributed by atoms with Gasteiger partial charge in [0.05, 0.1) is 12.1 Å². The molecule has 2 heteroatoms. The Labute approximate surface area is 60.0 Å². The van der Waals surface area contributed by atoms with Crippen molar-refractivity contribution in [1.29, 1.82) is 0 Å². The maximum atomic E-state index is 5.73. The maximum absolute atomic E-state index is 5.73. The summed E-state index contributed by atoms with van der Waals surface area (Å²) in [6, 6.07) is 0. The van der Waals surface area contributed by atoms with Crippen LogP contribution in [0.3, 0.4) is 0 Å². The topological polar surface area (TPSA) is 9.23 Å². The fourth-order valence-electron chi connectivity index (χ4n) is 0.692. The summed E-state index contributed by atoms with van der Waals surface area (Å²) in [5.41, 5.74) is 0. The van der Waals surface area contributed by atoms with Gasteiger partial charge in [-0.1, -0.05) is 17.7 Å². The van der Waals surface area contributed by atoms with Gasteiger partial charge in [-0.05, 0) is 18.9 Å². The van der Waals surface area contributed by atoms with Crippen LogP contribution in [0.15, 0.2) is 22.9 Å². The van der Waals surface area contributed by atoms with Crippen molar-refractivity contribution in [2.75, 3.05) is 7.11 Å². The highest BCUT2D eigenvalue weighted by molar-refractivity contribution is 6.31. The van der Waals surface area contributed by atoms with Crippen LogP contribution in [0.25, 0.3) is 0 Å². The molecular formula is C7H8ClO. The summed E-state index contributed by atoms with van der Waals surface area (Å²) in [5.74, 6) is 0.753. The lowest BCUT2D eigenvalue weighted by Crippen LogP contribution is -1.91. The van der Waals surface area contributed by atoms with Crippen LogP contribution >= 0.6 is 11.6 Å². The van der Waals surface area contributed by atoms with Crippen molar-refractivity contribution in [3.05, 3.63) is 29.4 Å². The summed E-state index contributed by atoms with van der Waals surface area (Å²) in [5, 5.41) is 0.708. The molecule has 0 atom stereocenters. The van der Waals surface area contributed by atoms with Crippen LogP contribution in [-0.2, 0) is 4.74 Å². The highest BCUT2D eigenvalue weighted by Gasteiger charge is 2.04. The molecule has 0 aromatic rings. The van der Waals surface area contributed by atoms with E-state index in [1.165, 1.54) is 0 Å². The van der Waals surface area contributed by atoms with Crippen molar-refractivity contribution in [2.24, 2.45) is 0 Å². The van der Waals surface area contributed by atoms with Crippen LogP contribution in [0.1, 0.15) is 6.42 Å². The van der Waals surface area contributed by atoms with Crippen molar-refractivity contribution in [3.8, 4) is 0 Å². The third-order valence-electron chi connectivity index (χ3n) is 1.16. The summed E-state index contributed by atoms with van der Waals surface area (Å²) in [4.78, 5) is 0. The van der Waals surface area contributed by atoms with Crippen molar-refractivity contribution in [3.63, 3.8) is 0 Å². The minimum Gasteiger partial charge on any atom is -0.496 e. The Balaban J connectivity index is 2.68. The zero-order valence-electron chi connectivity index (χ0n) is 5.23.